The van der Waals surface area contributed by atoms with E-state index in [1.54, 1.807) is 11.4 Å². The zero-order chi connectivity index (χ0) is 15.0. The highest BCUT2D eigenvalue weighted by molar-refractivity contribution is 7.89. The number of methoxy groups -OCH3 is 1. The quantitative estimate of drug-likeness (QED) is 0.653. The van der Waals surface area contributed by atoms with Crippen molar-refractivity contribution in [2.75, 3.05) is 45.6 Å². The van der Waals surface area contributed by atoms with E-state index in [1.165, 1.54) is 0 Å². The summed E-state index contributed by atoms with van der Waals surface area (Å²) in [6.45, 7) is 8.03. The van der Waals surface area contributed by atoms with Gasteiger partial charge in [-0.15, -0.1) is 0 Å². The number of hydrogen-bond acceptors (Lipinski definition) is 4. The average Bonchev–Trinajstić information content (AvgIpc) is 2.42. The Morgan fingerprint density at radius 3 is 2.50 bits per heavy atom. The maximum absolute atomic E-state index is 12.2. The molecule has 1 rings (SSSR count). The lowest BCUT2D eigenvalue weighted by molar-refractivity contribution is 0.194. The Kier molecular flexibility index (Phi) is 8.02. The number of sulfonamides is 1. The summed E-state index contributed by atoms with van der Waals surface area (Å²) >= 11 is 0. The third kappa shape index (κ3) is 6.52. The molecule has 0 unspecified atom stereocenters. The lowest BCUT2D eigenvalue weighted by atomic mass is 9.98. The number of rotatable bonds is 9. The molecule has 1 aliphatic heterocycles. The molecular formula is C14H30N2O3S. The lowest BCUT2D eigenvalue weighted by Gasteiger charge is -2.31. The SMILES string of the molecule is COCCNCC1CCN(S(=O)(=O)CCC(C)C)CC1. The fourth-order valence-electron chi connectivity index (χ4n) is 2.39. The van der Waals surface area contributed by atoms with Crippen molar-refractivity contribution in [2.45, 2.75) is 33.1 Å². The monoisotopic (exact) mass is 306 g/mol. The topological polar surface area (TPSA) is 58.6 Å². The van der Waals surface area contributed by atoms with E-state index >= 15 is 0 Å². The fraction of sp³-hybridized carbons (Fsp3) is 1.00. The van der Waals surface area contributed by atoms with Crippen LogP contribution in [0.1, 0.15) is 33.1 Å². The average molecular weight is 306 g/mol. The van der Waals surface area contributed by atoms with E-state index in [0.29, 0.717) is 30.7 Å². The van der Waals surface area contributed by atoms with Gasteiger partial charge >= 0.3 is 0 Å². The molecule has 5 nitrogen and oxygen atoms in total. The van der Waals surface area contributed by atoms with Crippen LogP contribution in [0.2, 0.25) is 0 Å². The molecule has 0 bridgehead atoms. The van der Waals surface area contributed by atoms with E-state index in [2.05, 4.69) is 19.2 Å². The fourth-order valence-corrected chi connectivity index (χ4v) is 4.18. The summed E-state index contributed by atoms with van der Waals surface area (Å²) in [5.41, 5.74) is 0. The van der Waals surface area contributed by atoms with Crippen LogP contribution in [-0.4, -0.2) is 58.4 Å². The summed E-state index contributed by atoms with van der Waals surface area (Å²) in [6, 6.07) is 0. The van der Waals surface area contributed by atoms with Crippen LogP contribution in [-0.2, 0) is 14.8 Å². The standard InChI is InChI=1S/C14H30N2O3S/c1-13(2)6-11-20(17,18)16-8-4-14(5-9-16)12-15-7-10-19-3/h13-15H,4-12H2,1-3H3. The molecule has 0 aromatic heterocycles. The van der Waals surface area contributed by atoms with E-state index in [0.717, 1.165) is 39.0 Å². The van der Waals surface area contributed by atoms with Gasteiger partial charge in [0.1, 0.15) is 0 Å². The second-order valence-electron chi connectivity index (χ2n) is 6.04. The Bertz CT molecular complexity index is 349. The van der Waals surface area contributed by atoms with Gasteiger partial charge in [0.15, 0.2) is 0 Å². The number of hydrogen-bond donors (Lipinski definition) is 1. The largest absolute Gasteiger partial charge is 0.383 e. The predicted molar refractivity (Wildman–Crippen MR) is 82.3 cm³/mol. The number of piperidine rings is 1. The first-order valence-electron chi connectivity index (χ1n) is 7.63. The third-order valence-electron chi connectivity index (χ3n) is 3.84. The summed E-state index contributed by atoms with van der Waals surface area (Å²) in [7, 11) is -1.34. The van der Waals surface area contributed by atoms with Crippen LogP contribution in [0.15, 0.2) is 0 Å². The molecule has 6 heteroatoms. The summed E-state index contributed by atoms with van der Waals surface area (Å²) < 4.78 is 31.1. The van der Waals surface area contributed by atoms with Crippen molar-refractivity contribution in [1.29, 1.82) is 0 Å². The van der Waals surface area contributed by atoms with Crippen molar-refractivity contribution in [1.82, 2.24) is 9.62 Å². The molecular weight excluding hydrogens is 276 g/mol. The van der Waals surface area contributed by atoms with Crippen molar-refractivity contribution >= 4 is 10.0 Å². The first-order chi connectivity index (χ1) is 9.45. The summed E-state index contributed by atoms with van der Waals surface area (Å²) in [4.78, 5) is 0. The molecule has 20 heavy (non-hydrogen) atoms. The minimum atomic E-state index is -3.04. The highest BCUT2D eigenvalue weighted by Gasteiger charge is 2.27. The van der Waals surface area contributed by atoms with Gasteiger partial charge in [-0.25, -0.2) is 12.7 Å². The molecule has 0 atom stereocenters. The van der Waals surface area contributed by atoms with Crippen molar-refractivity contribution in [3.8, 4) is 0 Å². The molecule has 1 N–H and O–H groups in total. The molecule has 0 radical (unpaired) electrons. The highest BCUT2D eigenvalue weighted by Crippen LogP contribution is 2.20. The molecule has 1 fully saturated rings. The predicted octanol–water partition coefficient (Wildman–Crippen LogP) is 1.31. The van der Waals surface area contributed by atoms with E-state index in [9.17, 15) is 8.42 Å². The van der Waals surface area contributed by atoms with Gasteiger partial charge in [0.05, 0.1) is 12.4 Å². The van der Waals surface area contributed by atoms with Crippen LogP contribution < -0.4 is 5.32 Å². The van der Waals surface area contributed by atoms with E-state index < -0.39 is 10.0 Å². The Balaban J connectivity index is 2.27. The Hall–Kier alpha value is -0.170. The normalized spacial score (nSPS) is 18.8. The number of nitrogens with zero attached hydrogens (tertiary/aromatic N) is 1. The van der Waals surface area contributed by atoms with E-state index in [1.807, 2.05) is 0 Å². The van der Waals surface area contributed by atoms with Gasteiger partial charge in [0.2, 0.25) is 10.0 Å². The molecule has 1 heterocycles. The second kappa shape index (κ2) is 8.97. The van der Waals surface area contributed by atoms with Crippen LogP contribution in [0.3, 0.4) is 0 Å². The Labute approximate surface area is 124 Å². The number of ether oxygens (including phenoxy) is 1. The van der Waals surface area contributed by atoms with Crippen molar-refractivity contribution in [3.63, 3.8) is 0 Å². The summed E-state index contributed by atoms with van der Waals surface area (Å²) in [5, 5.41) is 3.36. The van der Waals surface area contributed by atoms with Gasteiger partial charge in [-0.05, 0) is 37.6 Å². The molecule has 0 aromatic carbocycles. The molecule has 0 saturated carbocycles. The zero-order valence-electron chi connectivity index (χ0n) is 13.1. The first-order valence-corrected chi connectivity index (χ1v) is 9.24. The van der Waals surface area contributed by atoms with Crippen LogP contribution >= 0.6 is 0 Å². The minimum Gasteiger partial charge on any atom is -0.383 e. The van der Waals surface area contributed by atoms with Gasteiger partial charge in [0, 0.05) is 26.7 Å². The van der Waals surface area contributed by atoms with Gasteiger partial charge in [-0.2, -0.15) is 0 Å². The zero-order valence-corrected chi connectivity index (χ0v) is 13.9. The lowest BCUT2D eigenvalue weighted by Crippen LogP contribution is -2.42. The molecule has 120 valence electrons. The molecule has 1 aliphatic rings. The van der Waals surface area contributed by atoms with Crippen LogP contribution in [0, 0.1) is 11.8 Å². The van der Waals surface area contributed by atoms with E-state index in [4.69, 9.17) is 4.74 Å². The first kappa shape index (κ1) is 17.9. The van der Waals surface area contributed by atoms with Crippen molar-refractivity contribution in [3.05, 3.63) is 0 Å². The Morgan fingerprint density at radius 1 is 1.30 bits per heavy atom. The maximum Gasteiger partial charge on any atom is 0.214 e. The molecule has 1 saturated heterocycles. The molecule has 0 amide bonds. The van der Waals surface area contributed by atoms with Crippen LogP contribution in [0.25, 0.3) is 0 Å². The number of nitrogens with one attached hydrogen (secondary N) is 1. The van der Waals surface area contributed by atoms with Gasteiger partial charge < -0.3 is 10.1 Å². The smallest absolute Gasteiger partial charge is 0.214 e. The maximum atomic E-state index is 12.2. The molecule has 0 spiro atoms. The van der Waals surface area contributed by atoms with Crippen LogP contribution in [0.4, 0.5) is 0 Å². The third-order valence-corrected chi connectivity index (χ3v) is 5.74. The highest BCUT2D eigenvalue weighted by atomic mass is 32.2. The van der Waals surface area contributed by atoms with Crippen molar-refractivity contribution in [2.24, 2.45) is 11.8 Å². The summed E-state index contributed by atoms with van der Waals surface area (Å²) in [6.07, 6.45) is 2.67. The molecule has 0 aliphatic carbocycles. The van der Waals surface area contributed by atoms with Gasteiger partial charge in [0.25, 0.3) is 0 Å². The van der Waals surface area contributed by atoms with Crippen molar-refractivity contribution < 1.29 is 13.2 Å². The Morgan fingerprint density at radius 2 is 1.95 bits per heavy atom. The van der Waals surface area contributed by atoms with Crippen LogP contribution in [0.5, 0.6) is 0 Å². The summed E-state index contributed by atoms with van der Waals surface area (Å²) in [5.74, 6) is 1.32. The minimum absolute atomic E-state index is 0.293. The molecule has 0 aromatic rings. The van der Waals surface area contributed by atoms with Gasteiger partial charge in [-0.1, -0.05) is 13.8 Å². The van der Waals surface area contributed by atoms with Gasteiger partial charge in [-0.3, -0.25) is 0 Å². The van der Waals surface area contributed by atoms with E-state index in [-0.39, 0.29) is 0 Å². The second-order valence-corrected chi connectivity index (χ2v) is 8.13.